The molecule has 0 rings (SSSR count). The molecule has 0 bridgehead atoms. The van der Waals surface area contributed by atoms with Gasteiger partial charge < -0.3 is 9.47 Å². The minimum Gasteiger partial charge on any atom is -0.469 e. The van der Waals surface area contributed by atoms with Crippen molar-refractivity contribution >= 4 is 11.9 Å². The lowest BCUT2D eigenvalue weighted by molar-refractivity contribution is -1.01. The fourth-order valence-corrected chi connectivity index (χ4v) is 1.51. The van der Waals surface area contributed by atoms with E-state index in [1.165, 1.54) is 7.11 Å². The molecule has 0 aliphatic heterocycles. The Balaban J connectivity index is 4.34. The maximum Gasteiger partial charge on any atom is 0.311 e. The van der Waals surface area contributed by atoms with Crippen molar-refractivity contribution in [3.05, 3.63) is 0 Å². The number of esters is 2. The van der Waals surface area contributed by atoms with Crippen LogP contribution in [0.4, 0.5) is 0 Å². The average molecular weight is 261 g/mol. The molecule has 0 aromatic heterocycles. The van der Waals surface area contributed by atoms with E-state index in [4.69, 9.17) is 4.74 Å². The summed E-state index contributed by atoms with van der Waals surface area (Å²) in [7, 11) is 7.19. The molecular weight excluding hydrogens is 236 g/mol. The molecule has 0 aromatic carbocycles. The number of hydrogen-bond acceptors (Lipinski definition) is 5. The van der Waals surface area contributed by atoms with Gasteiger partial charge in [0.05, 0.1) is 33.6 Å². The van der Waals surface area contributed by atoms with Crippen LogP contribution in [0.1, 0.15) is 19.8 Å². The van der Waals surface area contributed by atoms with Crippen molar-refractivity contribution in [2.24, 2.45) is 0 Å². The zero-order valence-electron chi connectivity index (χ0n) is 12.1. The summed E-state index contributed by atoms with van der Waals surface area (Å²) in [6.45, 7) is 3.38. The van der Waals surface area contributed by atoms with Crippen LogP contribution in [0.25, 0.3) is 0 Å². The maximum atomic E-state index is 11.4. The molecule has 0 aliphatic rings. The van der Waals surface area contributed by atoms with Crippen molar-refractivity contribution in [1.29, 1.82) is 0 Å². The minimum atomic E-state index is -0.239. The maximum absolute atomic E-state index is 11.4. The molecular formula is C12H25N2O4+. The van der Waals surface area contributed by atoms with Crippen LogP contribution in [0.3, 0.4) is 0 Å². The lowest BCUT2D eigenvalue weighted by Gasteiger charge is -2.38. The summed E-state index contributed by atoms with van der Waals surface area (Å²) >= 11 is 0. The molecule has 0 saturated carbocycles. The lowest BCUT2D eigenvalue weighted by atomic mass is 10.3. The fourth-order valence-electron chi connectivity index (χ4n) is 1.51. The first-order valence-electron chi connectivity index (χ1n) is 6.10. The Hall–Kier alpha value is -1.14. The fraction of sp³-hybridized carbons (Fsp3) is 0.833. The standard InChI is InChI=1S/C12H25N2O4/c1-6-18-12(16)8-10-14(4,13(2)3)9-7-11(15)17-5/h6-10H2,1-5H3/q+1. The molecule has 0 fully saturated rings. The lowest BCUT2D eigenvalue weighted by Crippen LogP contribution is -2.55. The minimum absolute atomic E-state index is 0.207. The number of carbonyl (C=O) groups excluding carboxylic acids is 2. The van der Waals surface area contributed by atoms with Crippen LogP contribution in [0, 0.1) is 0 Å². The zero-order valence-corrected chi connectivity index (χ0v) is 12.1. The van der Waals surface area contributed by atoms with Crippen molar-refractivity contribution in [2.45, 2.75) is 19.8 Å². The van der Waals surface area contributed by atoms with Crippen LogP contribution in [0.15, 0.2) is 0 Å². The monoisotopic (exact) mass is 261 g/mol. The normalized spacial score (nSPS) is 14.1. The van der Waals surface area contributed by atoms with E-state index < -0.39 is 0 Å². The Morgan fingerprint density at radius 1 is 1.11 bits per heavy atom. The molecule has 0 amide bonds. The van der Waals surface area contributed by atoms with Gasteiger partial charge >= 0.3 is 11.9 Å². The summed E-state index contributed by atoms with van der Waals surface area (Å²) in [6, 6.07) is 0. The van der Waals surface area contributed by atoms with Gasteiger partial charge in [-0.2, -0.15) is 5.01 Å². The van der Waals surface area contributed by atoms with E-state index in [2.05, 4.69) is 4.74 Å². The summed E-state index contributed by atoms with van der Waals surface area (Å²) < 4.78 is 10.0. The second-order valence-corrected chi connectivity index (χ2v) is 4.51. The van der Waals surface area contributed by atoms with Crippen LogP contribution in [-0.2, 0) is 19.1 Å². The summed E-state index contributed by atoms with van der Waals surface area (Å²) in [4.78, 5) is 22.5. The molecule has 1 unspecified atom stereocenters. The Morgan fingerprint density at radius 3 is 2.00 bits per heavy atom. The second kappa shape index (κ2) is 8.05. The van der Waals surface area contributed by atoms with Crippen LogP contribution < -0.4 is 0 Å². The third-order valence-corrected chi connectivity index (χ3v) is 3.09. The smallest absolute Gasteiger partial charge is 0.311 e. The van der Waals surface area contributed by atoms with Gasteiger partial charge in [0.2, 0.25) is 0 Å². The van der Waals surface area contributed by atoms with Crippen molar-refractivity contribution in [2.75, 3.05) is 47.9 Å². The van der Waals surface area contributed by atoms with E-state index in [1.807, 2.05) is 26.2 Å². The molecule has 0 radical (unpaired) electrons. The van der Waals surface area contributed by atoms with Gasteiger partial charge in [0.15, 0.2) is 0 Å². The average Bonchev–Trinajstić information content (AvgIpc) is 2.33. The number of carbonyl (C=O) groups is 2. The summed E-state index contributed by atoms with van der Waals surface area (Å²) in [6.07, 6.45) is 0.664. The van der Waals surface area contributed by atoms with Crippen molar-refractivity contribution < 1.29 is 23.7 Å². The molecule has 106 valence electrons. The number of methoxy groups -OCH3 is 1. The molecule has 18 heavy (non-hydrogen) atoms. The summed E-state index contributed by atoms with van der Waals surface area (Å²) in [5, 5.41) is 1.97. The van der Waals surface area contributed by atoms with Crippen LogP contribution in [0.2, 0.25) is 0 Å². The topological polar surface area (TPSA) is 55.8 Å². The van der Waals surface area contributed by atoms with Crippen molar-refractivity contribution in [3.8, 4) is 0 Å². The highest BCUT2D eigenvalue weighted by molar-refractivity contribution is 5.69. The van der Waals surface area contributed by atoms with Gasteiger partial charge in [-0.15, -0.1) is 0 Å². The first kappa shape index (κ1) is 16.9. The highest BCUT2D eigenvalue weighted by Crippen LogP contribution is 2.09. The molecule has 0 aromatic rings. The van der Waals surface area contributed by atoms with Crippen molar-refractivity contribution in [3.63, 3.8) is 0 Å². The Kier molecular flexibility index (Phi) is 7.54. The Bertz CT molecular complexity index is 281. The third-order valence-electron chi connectivity index (χ3n) is 3.09. The Labute approximate surface area is 109 Å². The third kappa shape index (κ3) is 5.97. The van der Waals surface area contributed by atoms with Crippen LogP contribution in [-0.4, -0.2) is 69.5 Å². The second-order valence-electron chi connectivity index (χ2n) is 4.51. The number of quaternary nitrogens is 1. The molecule has 0 heterocycles. The highest BCUT2D eigenvalue weighted by atomic mass is 16.5. The summed E-state index contributed by atoms with van der Waals surface area (Å²) in [5.41, 5.74) is 0. The molecule has 0 aliphatic carbocycles. The number of hydrogen-bond donors (Lipinski definition) is 0. The largest absolute Gasteiger partial charge is 0.469 e. The van der Waals surface area contributed by atoms with E-state index in [1.54, 1.807) is 6.92 Å². The first-order chi connectivity index (χ1) is 8.35. The van der Waals surface area contributed by atoms with Gasteiger partial charge in [-0.05, 0) is 6.92 Å². The SMILES string of the molecule is CCOC(=O)CC[N+](C)(CCC(=O)OC)N(C)C. The molecule has 6 nitrogen and oxygen atoms in total. The predicted octanol–water partition coefficient (Wildman–Crippen LogP) is 0.426. The molecule has 0 N–H and O–H groups in total. The van der Waals surface area contributed by atoms with Crippen LogP contribution in [0.5, 0.6) is 0 Å². The van der Waals surface area contributed by atoms with Gasteiger partial charge in [0.1, 0.15) is 13.1 Å². The summed E-state index contributed by atoms with van der Waals surface area (Å²) in [5.74, 6) is -0.445. The zero-order chi connectivity index (χ0) is 14.2. The molecule has 0 spiro atoms. The Morgan fingerprint density at radius 2 is 1.61 bits per heavy atom. The molecule has 1 atom stereocenters. The number of nitrogens with zero attached hydrogens (tertiary/aromatic N) is 2. The van der Waals surface area contributed by atoms with E-state index in [0.29, 0.717) is 37.1 Å². The number of ether oxygens (including phenoxy) is 2. The van der Waals surface area contributed by atoms with Gasteiger partial charge in [-0.25, -0.2) is 4.59 Å². The van der Waals surface area contributed by atoms with Gasteiger partial charge in [-0.3, -0.25) is 9.59 Å². The number of rotatable bonds is 8. The van der Waals surface area contributed by atoms with E-state index in [0.717, 1.165) is 0 Å². The highest BCUT2D eigenvalue weighted by Gasteiger charge is 2.27. The first-order valence-corrected chi connectivity index (χ1v) is 6.10. The van der Waals surface area contributed by atoms with E-state index in [9.17, 15) is 9.59 Å². The van der Waals surface area contributed by atoms with Crippen molar-refractivity contribution in [1.82, 2.24) is 5.01 Å². The van der Waals surface area contributed by atoms with Crippen LogP contribution >= 0.6 is 0 Å². The predicted molar refractivity (Wildman–Crippen MR) is 67.5 cm³/mol. The quantitative estimate of drug-likeness (QED) is 0.360. The van der Waals surface area contributed by atoms with E-state index in [-0.39, 0.29) is 11.9 Å². The van der Waals surface area contributed by atoms with Gasteiger partial charge in [-0.1, -0.05) is 0 Å². The molecule has 0 saturated heterocycles. The molecule has 6 heteroatoms. The van der Waals surface area contributed by atoms with E-state index >= 15 is 0 Å². The van der Waals surface area contributed by atoms with Gasteiger partial charge in [0, 0.05) is 14.1 Å². The van der Waals surface area contributed by atoms with Gasteiger partial charge in [0.25, 0.3) is 0 Å².